The summed E-state index contributed by atoms with van der Waals surface area (Å²) < 4.78 is 23.6. The Kier molecular flexibility index (Phi) is 4.76. The van der Waals surface area contributed by atoms with Crippen molar-refractivity contribution in [3.8, 4) is 0 Å². The molecule has 0 aliphatic rings. The molecule has 6 nitrogen and oxygen atoms in total. The van der Waals surface area contributed by atoms with Gasteiger partial charge in [-0.05, 0) is 6.26 Å². The molecule has 0 spiro atoms. The van der Waals surface area contributed by atoms with Crippen LogP contribution in [0.3, 0.4) is 0 Å². The van der Waals surface area contributed by atoms with E-state index in [4.69, 9.17) is 0 Å². The smallest absolute Gasteiger partial charge is 0.267 e. The molecule has 0 fully saturated rings. The largest absolute Gasteiger partial charge is 0.317 e. The first kappa shape index (κ1) is 13.3. The fourth-order valence-corrected chi connectivity index (χ4v) is 1.10. The first-order valence-corrected chi connectivity index (χ1v) is 5.51. The fraction of sp³-hybridized carbons (Fsp3) is 0.250. The Labute approximate surface area is 99.2 Å². The van der Waals surface area contributed by atoms with Crippen LogP contribution < -0.4 is 10.9 Å². The summed E-state index contributed by atoms with van der Waals surface area (Å²) in [7, 11) is 0. The Morgan fingerprint density at radius 1 is 1.29 bits per heavy atom. The molecule has 2 N–H and O–H groups in total. The van der Waals surface area contributed by atoms with Crippen molar-refractivity contribution in [2.75, 3.05) is 6.26 Å². The average Bonchev–Trinajstić information content (AvgIpc) is 2.35. The first-order chi connectivity index (χ1) is 8.04. The summed E-state index contributed by atoms with van der Waals surface area (Å²) in [5, 5.41) is 0.471. The lowest BCUT2D eigenvalue weighted by Gasteiger charge is -2.06. The number of hydrogen-bond donors (Lipinski definition) is 2. The number of amides is 2. The molecule has 0 saturated carbocycles. The Hall–Kier alpha value is -1.77. The first-order valence-electron chi connectivity index (χ1n) is 4.29. The van der Waals surface area contributed by atoms with Gasteiger partial charge in [-0.15, -0.1) is 0 Å². The van der Waals surface area contributed by atoms with Crippen molar-refractivity contribution < 1.29 is 18.4 Å². The van der Waals surface area contributed by atoms with Gasteiger partial charge >= 0.3 is 12.3 Å². The van der Waals surface area contributed by atoms with Gasteiger partial charge in [0.1, 0.15) is 0 Å². The van der Waals surface area contributed by atoms with Crippen LogP contribution in [0.4, 0.5) is 8.78 Å². The number of nitrogens with one attached hydrogen (secondary N) is 2. The van der Waals surface area contributed by atoms with Gasteiger partial charge < -0.3 is 0 Å². The summed E-state index contributed by atoms with van der Waals surface area (Å²) in [5.41, 5.74) is 3.43. The zero-order valence-corrected chi connectivity index (χ0v) is 9.42. The highest BCUT2D eigenvalue weighted by molar-refractivity contribution is 7.98. The van der Waals surface area contributed by atoms with Crippen molar-refractivity contribution in [2.24, 2.45) is 0 Å². The maximum atomic E-state index is 11.8. The number of halogens is 2. The average molecular weight is 262 g/mol. The number of carbonyl (C=O) groups excluding carboxylic acids is 2. The minimum Gasteiger partial charge on any atom is -0.267 e. The molecule has 0 unspecified atom stereocenters. The van der Waals surface area contributed by atoms with Crippen LogP contribution in [0.2, 0.25) is 0 Å². The predicted octanol–water partition coefficient (Wildman–Crippen LogP) is 0.225. The van der Waals surface area contributed by atoms with Crippen LogP contribution in [0.25, 0.3) is 0 Å². The zero-order chi connectivity index (χ0) is 12.8. The van der Waals surface area contributed by atoms with E-state index in [9.17, 15) is 18.4 Å². The number of aromatic nitrogens is 2. The Balaban J connectivity index is 2.55. The predicted molar refractivity (Wildman–Crippen MR) is 55.4 cm³/mol. The number of alkyl halides is 2. The van der Waals surface area contributed by atoms with Crippen LogP contribution in [0.15, 0.2) is 17.6 Å². The molecule has 1 aromatic rings. The SMILES string of the molecule is CSc1ncc(C(=O)NNC(=O)C(F)F)cn1. The highest BCUT2D eigenvalue weighted by atomic mass is 32.2. The van der Waals surface area contributed by atoms with E-state index in [-0.39, 0.29) is 5.56 Å². The number of nitrogens with zero attached hydrogens (tertiary/aromatic N) is 2. The molecular formula is C8H8F2N4O2S. The molecule has 1 heterocycles. The molecule has 92 valence electrons. The lowest BCUT2D eigenvalue weighted by Crippen LogP contribution is -2.44. The van der Waals surface area contributed by atoms with E-state index < -0.39 is 18.2 Å². The third kappa shape index (κ3) is 3.94. The molecule has 0 radical (unpaired) electrons. The lowest BCUT2D eigenvalue weighted by molar-refractivity contribution is -0.132. The number of thioether (sulfide) groups is 1. The molecule has 0 aliphatic heterocycles. The van der Waals surface area contributed by atoms with E-state index in [2.05, 4.69) is 9.97 Å². The normalized spacial score (nSPS) is 10.1. The van der Waals surface area contributed by atoms with Gasteiger partial charge in [-0.25, -0.2) is 9.97 Å². The maximum absolute atomic E-state index is 11.8. The van der Waals surface area contributed by atoms with Crippen LogP contribution in [0.5, 0.6) is 0 Å². The fourth-order valence-electron chi connectivity index (χ4n) is 0.784. The molecule has 0 aromatic carbocycles. The molecule has 0 aliphatic carbocycles. The minimum atomic E-state index is -3.19. The van der Waals surface area contributed by atoms with Crippen LogP contribution in [-0.4, -0.2) is 34.5 Å². The van der Waals surface area contributed by atoms with Gasteiger partial charge in [-0.1, -0.05) is 11.8 Å². The molecule has 9 heteroatoms. The van der Waals surface area contributed by atoms with E-state index in [1.165, 1.54) is 24.2 Å². The maximum Gasteiger partial charge on any atom is 0.317 e. The Morgan fingerprint density at radius 3 is 2.35 bits per heavy atom. The summed E-state index contributed by atoms with van der Waals surface area (Å²) >= 11 is 1.29. The van der Waals surface area contributed by atoms with Crippen LogP contribution in [0, 0.1) is 0 Å². The highest BCUT2D eigenvalue weighted by Crippen LogP contribution is 2.06. The topological polar surface area (TPSA) is 84.0 Å². The van der Waals surface area contributed by atoms with Gasteiger partial charge in [-0.2, -0.15) is 8.78 Å². The number of rotatable bonds is 3. The zero-order valence-electron chi connectivity index (χ0n) is 8.61. The third-order valence-electron chi connectivity index (χ3n) is 1.57. The molecule has 0 saturated heterocycles. The Bertz CT molecular complexity index is 412. The summed E-state index contributed by atoms with van der Waals surface area (Å²) in [6.45, 7) is 0. The summed E-state index contributed by atoms with van der Waals surface area (Å²) in [6, 6.07) is 0. The lowest BCUT2D eigenvalue weighted by atomic mass is 10.3. The summed E-state index contributed by atoms with van der Waals surface area (Å²) in [5.74, 6) is -2.35. The molecule has 2 amide bonds. The molecule has 1 rings (SSSR count). The van der Waals surface area contributed by atoms with Gasteiger partial charge in [0.25, 0.3) is 5.91 Å². The van der Waals surface area contributed by atoms with E-state index in [1.807, 2.05) is 5.43 Å². The Morgan fingerprint density at radius 2 is 1.88 bits per heavy atom. The minimum absolute atomic E-state index is 0.0531. The second-order valence-electron chi connectivity index (χ2n) is 2.70. The van der Waals surface area contributed by atoms with Gasteiger partial charge in [0.2, 0.25) is 0 Å². The van der Waals surface area contributed by atoms with Gasteiger partial charge in [0.15, 0.2) is 5.16 Å². The van der Waals surface area contributed by atoms with E-state index >= 15 is 0 Å². The highest BCUT2D eigenvalue weighted by Gasteiger charge is 2.16. The standard InChI is InChI=1S/C8H8F2N4O2S/c1-17-8-11-2-4(3-12-8)6(15)13-14-7(16)5(9)10/h2-3,5H,1H3,(H,13,15)(H,14,16). The molecule has 17 heavy (non-hydrogen) atoms. The van der Waals surface area contributed by atoms with Crippen molar-refractivity contribution in [1.29, 1.82) is 0 Å². The van der Waals surface area contributed by atoms with E-state index in [0.717, 1.165) is 0 Å². The number of hydrogen-bond acceptors (Lipinski definition) is 5. The van der Waals surface area contributed by atoms with Crippen LogP contribution in [0.1, 0.15) is 10.4 Å². The van der Waals surface area contributed by atoms with Crippen molar-refractivity contribution in [1.82, 2.24) is 20.8 Å². The van der Waals surface area contributed by atoms with Gasteiger partial charge in [0.05, 0.1) is 5.56 Å². The summed E-state index contributed by atoms with van der Waals surface area (Å²) in [6.07, 6.45) is 1.02. The second kappa shape index (κ2) is 6.09. The molecular weight excluding hydrogens is 254 g/mol. The van der Waals surface area contributed by atoms with Crippen molar-refractivity contribution >= 4 is 23.6 Å². The van der Waals surface area contributed by atoms with Crippen LogP contribution >= 0.6 is 11.8 Å². The third-order valence-corrected chi connectivity index (χ3v) is 2.15. The second-order valence-corrected chi connectivity index (χ2v) is 3.48. The van der Waals surface area contributed by atoms with E-state index in [1.54, 1.807) is 11.7 Å². The van der Waals surface area contributed by atoms with Gasteiger partial charge in [-0.3, -0.25) is 20.4 Å². The number of hydrazine groups is 1. The molecule has 0 atom stereocenters. The van der Waals surface area contributed by atoms with Crippen molar-refractivity contribution in [2.45, 2.75) is 11.6 Å². The van der Waals surface area contributed by atoms with Crippen molar-refractivity contribution in [3.63, 3.8) is 0 Å². The van der Waals surface area contributed by atoms with Crippen molar-refractivity contribution in [3.05, 3.63) is 18.0 Å². The molecule has 0 bridgehead atoms. The number of carbonyl (C=O) groups is 2. The van der Waals surface area contributed by atoms with E-state index in [0.29, 0.717) is 5.16 Å². The monoisotopic (exact) mass is 262 g/mol. The molecule has 1 aromatic heterocycles. The summed E-state index contributed by atoms with van der Waals surface area (Å²) in [4.78, 5) is 29.4. The quantitative estimate of drug-likeness (QED) is 0.462. The van der Waals surface area contributed by atoms with Gasteiger partial charge in [0, 0.05) is 12.4 Å². The van der Waals surface area contributed by atoms with Crippen LogP contribution in [-0.2, 0) is 4.79 Å².